The fraction of sp³-hybridized carbons (Fsp3) is 0.0769. The molecule has 0 unspecified atom stereocenters. The Morgan fingerprint density at radius 1 is 0.567 bits per heavy atom. The Morgan fingerprint density at radius 3 is 1.53 bits per heavy atom. The van der Waals surface area contributed by atoms with Crippen molar-refractivity contribution in [1.82, 2.24) is 0 Å². The van der Waals surface area contributed by atoms with Gasteiger partial charge >= 0.3 is 0 Å². The highest BCUT2D eigenvalue weighted by Crippen LogP contribution is 2.58. The minimum Gasteiger partial charge on any atom is -1.00 e. The number of halogens is 1. The number of fused-ring (bicyclic) bond motifs is 1. The number of ether oxygens (including phenoxy) is 2. The van der Waals surface area contributed by atoms with Crippen LogP contribution < -0.4 is 37.8 Å². The first kappa shape index (κ1) is 20.5. The lowest BCUT2D eigenvalue weighted by molar-refractivity contribution is -0.00000716. The second-order valence-corrected chi connectivity index (χ2v) is 10.6. The van der Waals surface area contributed by atoms with E-state index in [-0.39, 0.29) is 12.4 Å². The van der Waals surface area contributed by atoms with Gasteiger partial charge in [-0.1, -0.05) is 60.7 Å². The highest BCUT2D eigenvalue weighted by Gasteiger charge is 2.45. The maximum absolute atomic E-state index is 5.66. The van der Waals surface area contributed by atoms with Gasteiger partial charge in [-0.05, 0) is 54.1 Å². The molecule has 0 bridgehead atoms. The molecule has 150 valence electrons. The number of hydrogen-bond donors (Lipinski definition) is 0. The lowest BCUT2D eigenvalue weighted by Gasteiger charge is -2.27. The van der Waals surface area contributed by atoms with Crippen LogP contribution in [0.5, 0.6) is 11.5 Å². The van der Waals surface area contributed by atoms with E-state index in [0.717, 1.165) is 17.7 Å². The molecular formula is C26H22ClO2P. The first-order valence-electron chi connectivity index (χ1n) is 9.80. The molecule has 1 heterocycles. The molecule has 4 aromatic carbocycles. The van der Waals surface area contributed by atoms with Gasteiger partial charge in [0.1, 0.15) is 23.2 Å². The van der Waals surface area contributed by atoms with Crippen LogP contribution in [0, 0.1) is 0 Å². The van der Waals surface area contributed by atoms with Crippen molar-refractivity contribution in [1.29, 1.82) is 0 Å². The predicted octanol–water partition coefficient (Wildman–Crippen LogP) is 1.91. The molecule has 30 heavy (non-hydrogen) atoms. The fourth-order valence-electron chi connectivity index (χ4n) is 4.08. The van der Waals surface area contributed by atoms with Crippen LogP contribution in [0.25, 0.3) is 0 Å². The van der Waals surface area contributed by atoms with Crippen molar-refractivity contribution in [3.63, 3.8) is 0 Å². The zero-order valence-electron chi connectivity index (χ0n) is 16.4. The van der Waals surface area contributed by atoms with Crippen LogP contribution in [0.15, 0.2) is 109 Å². The molecule has 0 spiro atoms. The van der Waals surface area contributed by atoms with Crippen molar-refractivity contribution < 1.29 is 21.9 Å². The first-order valence-corrected chi connectivity index (χ1v) is 11.8. The topological polar surface area (TPSA) is 18.5 Å². The Hall–Kier alpha value is -2.80. The molecule has 5 rings (SSSR count). The summed E-state index contributed by atoms with van der Waals surface area (Å²) < 4.78 is 11.2. The summed E-state index contributed by atoms with van der Waals surface area (Å²) in [4.78, 5) is 0. The molecule has 0 aliphatic carbocycles. The molecule has 0 saturated carbocycles. The Balaban J connectivity index is 0.00000218. The summed E-state index contributed by atoms with van der Waals surface area (Å²) in [6.45, 7) is 0.301. The average molecular weight is 433 g/mol. The summed E-state index contributed by atoms with van der Waals surface area (Å²) in [5.41, 5.74) is 1.26. The third-order valence-electron chi connectivity index (χ3n) is 5.45. The molecule has 0 fully saturated rings. The van der Waals surface area contributed by atoms with Gasteiger partial charge in [0, 0.05) is 0 Å². The second kappa shape index (κ2) is 8.92. The third-order valence-corrected chi connectivity index (χ3v) is 9.83. The summed E-state index contributed by atoms with van der Waals surface area (Å²) >= 11 is 0. The first-order chi connectivity index (χ1) is 14.4. The smallest absolute Gasteiger partial charge is 0.231 e. The van der Waals surface area contributed by atoms with E-state index in [1.165, 1.54) is 21.5 Å². The maximum atomic E-state index is 5.66. The molecule has 0 saturated heterocycles. The van der Waals surface area contributed by atoms with Gasteiger partial charge in [0.05, 0.1) is 6.16 Å². The summed E-state index contributed by atoms with van der Waals surface area (Å²) in [6, 6.07) is 39.2. The largest absolute Gasteiger partial charge is 1.00 e. The van der Waals surface area contributed by atoms with Crippen LogP contribution in [0.2, 0.25) is 0 Å². The van der Waals surface area contributed by atoms with Crippen molar-refractivity contribution in [2.24, 2.45) is 0 Å². The van der Waals surface area contributed by atoms with Crippen molar-refractivity contribution in [2.45, 2.75) is 6.16 Å². The molecule has 2 nitrogen and oxygen atoms in total. The predicted molar refractivity (Wildman–Crippen MR) is 121 cm³/mol. The Kier molecular flexibility index (Phi) is 6.08. The van der Waals surface area contributed by atoms with Crippen LogP contribution in [0.1, 0.15) is 5.56 Å². The Labute approximate surface area is 184 Å². The van der Waals surface area contributed by atoms with E-state index < -0.39 is 7.26 Å². The minimum atomic E-state index is -1.90. The quantitative estimate of drug-likeness (QED) is 0.449. The minimum absolute atomic E-state index is 0. The summed E-state index contributed by atoms with van der Waals surface area (Å²) in [7, 11) is -1.90. The lowest BCUT2D eigenvalue weighted by atomic mass is 10.2. The molecule has 4 aromatic rings. The zero-order valence-corrected chi connectivity index (χ0v) is 18.1. The summed E-state index contributed by atoms with van der Waals surface area (Å²) in [5, 5.41) is 4.15. The van der Waals surface area contributed by atoms with Crippen molar-refractivity contribution >= 4 is 23.2 Å². The van der Waals surface area contributed by atoms with Gasteiger partial charge < -0.3 is 21.9 Å². The standard InChI is InChI=1S/C26H22O2P.ClH/c1-4-10-22(11-5-1)29(23-12-6-2-7-13-23,24-14-8-3-9-15-24)19-21-16-17-25-26(18-21)28-20-27-25;/h1-18H,19-20H2;1H/q+1;/p-1. The van der Waals surface area contributed by atoms with E-state index in [1.807, 2.05) is 6.07 Å². The van der Waals surface area contributed by atoms with Crippen molar-refractivity contribution in [3.05, 3.63) is 115 Å². The molecule has 0 aromatic heterocycles. The van der Waals surface area contributed by atoms with Crippen molar-refractivity contribution in [3.8, 4) is 11.5 Å². The van der Waals surface area contributed by atoms with E-state index in [2.05, 4.69) is 103 Å². The lowest BCUT2D eigenvalue weighted by Crippen LogP contribution is -3.00. The molecule has 0 atom stereocenters. The van der Waals surface area contributed by atoms with E-state index in [1.54, 1.807) is 0 Å². The normalized spacial score (nSPS) is 12.3. The van der Waals surface area contributed by atoms with Crippen LogP contribution in [0.3, 0.4) is 0 Å². The number of hydrogen-bond acceptors (Lipinski definition) is 2. The zero-order chi connectivity index (χ0) is 19.5. The molecule has 1 aliphatic heterocycles. The van der Waals surface area contributed by atoms with Crippen LogP contribution >= 0.6 is 7.26 Å². The van der Waals surface area contributed by atoms with Gasteiger partial charge in [-0.2, -0.15) is 0 Å². The van der Waals surface area contributed by atoms with Crippen molar-refractivity contribution in [2.75, 3.05) is 6.79 Å². The van der Waals surface area contributed by atoms with Crippen LogP contribution in [-0.4, -0.2) is 6.79 Å². The Morgan fingerprint density at radius 2 is 1.03 bits per heavy atom. The fourth-order valence-corrected chi connectivity index (χ4v) is 8.31. The molecule has 1 aliphatic rings. The summed E-state index contributed by atoms with van der Waals surface area (Å²) in [5.74, 6) is 1.67. The van der Waals surface area contributed by atoms with Gasteiger partial charge in [0.2, 0.25) is 6.79 Å². The SMILES string of the molecule is [Cl-].c1ccc([P+](Cc2ccc3c(c2)OCO3)(c2ccccc2)c2ccccc2)cc1. The average Bonchev–Trinajstić information content (AvgIpc) is 3.27. The van der Waals surface area contributed by atoms with E-state index in [4.69, 9.17) is 9.47 Å². The van der Waals surface area contributed by atoms with Gasteiger partial charge in [-0.3, -0.25) is 0 Å². The van der Waals surface area contributed by atoms with Crippen LogP contribution in [0.4, 0.5) is 0 Å². The Bertz CT molecular complexity index is 1010. The maximum Gasteiger partial charge on any atom is 0.231 e. The summed E-state index contributed by atoms with van der Waals surface area (Å²) in [6.07, 6.45) is 0.932. The van der Waals surface area contributed by atoms with Gasteiger partial charge in [-0.15, -0.1) is 0 Å². The molecule has 0 N–H and O–H groups in total. The number of benzene rings is 4. The molecule has 4 heteroatoms. The molecule has 0 radical (unpaired) electrons. The second-order valence-electron chi connectivity index (χ2n) is 7.16. The van der Waals surface area contributed by atoms with E-state index in [0.29, 0.717) is 6.79 Å². The number of rotatable bonds is 5. The monoisotopic (exact) mass is 432 g/mol. The van der Waals surface area contributed by atoms with Gasteiger partial charge in [-0.25, -0.2) is 0 Å². The van der Waals surface area contributed by atoms with Gasteiger partial charge in [0.15, 0.2) is 11.5 Å². The van der Waals surface area contributed by atoms with E-state index in [9.17, 15) is 0 Å². The molecule has 0 amide bonds. The highest BCUT2D eigenvalue weighted by molar-refractivity contribution is 7.95. The third kappa shape index (κ3) is 3.69. The van der Waals surface area contributed by atoms with Gasteiger partial charge in [0.25, 0.3) is 0 Å². The van der Waals surface area contributed by atoms with Crippen LogP contribution in [-0.2, 0) is 6.16 Å². The highest BCUT2D eigenvalue weighted by atomic mass is 35.5. The molecular weight excluding hydrogens is 411 g/mol. The van der Waals surface area contributed by atoms with E-state index >= 15 is 0 Å².